The number of pyridine rings is 1. The second-order valence-corrected chi connectivity index (χ2v) is 2.18. The number of rotatable bonds is 0. The van der Waals surface area contributed by atoms with Crippen LogP contribution in [0.4, 0.5) is 0 Å². The van der Waals surface area contributed by atoms with Gasteiger partial charge in [0.1, 0.15) is 5.15 Å². The summed E-state index contributed by atoms with van der Waals surface area (Å²) in [7, 11) is -0.750. The molecular weight excluding hydrogens is 188 g/mol. The van der Waals surface area contributed by atoms with E-state index in [4.69, 9.17) is 33.2 Å². The average Bonchev–Trinajstić information content (AvgIpc) is 1.97. The first kappa shape index (κ1) is 10.7. The maximum atomic E-state index is 7.12. The fourth-order valence-electron chi connectivity index (χ4n) is 0.366. The second-order valence-electron chi connectivity index (χ2n) is 1.42. The summed E-state index contributed by atoms with van der Waals surface area (Å²) >= 11 is 11.0. The Morgan fingerprint density at radius 2 is 1.91 bits per heavy atom. The fourth-order valence-corrected chi connectivity index (χ4v) is 0.607. The van der Waals surface area contributed by atoms with Gasteiger partial charge in [-0.2, -0.15) is 0 Å². The predicted molar refractivity (Wildman–Crippen MR) is 45.8 cm³/mol. The van der Waals surface area contributed by atoms with Crippen molar-refractivity contribution in [3.63, 3.8) is 0 Å². The summed E-state index contributed by atoms with van der Waals surface area (Å²) in [6.45, 7) is 0. The minimum absolute atomic E-state index is 0.356. The molecule has 6 heteroatoms. The minimum Gasteiger partial charge on any atom is -0.430 e. The van der Waals surface area contributed by atoms with E-state index in [0.29, 0.717) is 10.2 Å². The molecule has 3 nitrogen and oxygen atoms in total. The van der Waals surface area contributed by atoms with Crippen molar-refractivity contribution in [2.75, 3.05) is 0 Å². The zero-order valence-corrected chi connectivity index (χ0v) is 7.05. The summed E-state index contributed by atoms with van der Waals surface area (Å²) in [4.78, 5) is 3.71. The molecule has 2 N–H and O–H groups in total. The van der Waals surface area contributed by atoms with Crippen LogP contribution < -0.4 is 0 Å². The van der Waals surface area contributed by atoms with Gasteiger partial charge in [0, 0.05) is 6.20 Å². The molecule has 60 valence electrons. The third-order valence-corrected chi connectivity index (χ3v) is 1.42. The van der Waals surface area contributed by atoms with Gasteiger partial charge in [-0.1, -0.05) is 23.2 Å². The maximum Gasteiger partial charge on any atom is 0.432 e. The number of nitrogens with zero attached hydrogens (tertiary/aromatic N) is 1. The standard InChI is InChI=1S/C5H3Cl2N.BH3O2/c6-4-2-1-3-8-5(4)7;2-1-3/h1-3H;1-3H. The summed E-state index contributed by atoms with van der Waals surface area (Å²) in [5, 5.41) is 15.1. The van der Waals surface area contributed by atoms with Gasteiger partial charge in [0.05, 0.1) is 5.02 Å². The lowest BCUT2D eigenvalue weighted by Crippen LogP contribution is -1.75. The SMILES string of the molecule is Clc1cccnc1Cl.OBO. The number of aromatic nitrogens is 1. The van der Waals surface area contributed by atoms with Gasteiger partial charge in [0.25, 0.3) is 0 Å². The number of hydrogen-bond donors (Lipinski definition) is 2. The third-order valence-electron chi connectivity index (χ3n) is 0.714. The summed E-state index contributed by atoms with van der Waals surface area (Å²) in [6, 6.07) is 3.42. The number of halogens is 2. The monoisotopic (exact) mass is 193 g/mol. The van der Waals surface area contributed by atoms with E-state index in [1.807, 2.05) is 0 Å². The van der Waals surface area contributed by atoms with Gasteiger partial charge in [0.2, 0.25) is 0 Å². The van der Waals surface area contributed by atoms with Crippen molar-refractivity contribution in [2.45, 2.75) is 0 Å². The third kappa shape index (κ3) is 5.04. The van der Waals surface area contributed by atoms with Gasteiger partial charge < -0.3 is 10.0 Å². The van der Waals surface area contributed by atoms with Crippen molar-refractivity contribution in [3.8, 4) is 0 Å². The van der Waals surface area contributed by atoms with Crippen LogP contribution in [0.2, 0.25) is 10.2 Å². The van der Waals surface area contributed by atoms with E-state index in [0.717, 1.165) is 0 Å². The van der Waals surface area contributed by atoms with Gasteiger partial charge in [-0.15, -0.1) is 0 Å². The van der Waals surface area contributed by atoms with Crippen LogP contribution >= 0.6 is 23.2 Å². The minimum atomic E-state index is -0.750. The lowest BCUT2D eigenvalue weighted by atomic mass is 10.5. The molecule has 0 aliphatic rings. The molecule has 0 saturated heterocycles. The lowest BCUT2D eigenvalue weighted by molar-refractivity contribution is 0.448. The number of hydrogen-bond acceptors (Lipinski definition) is 3. The molecule has 0 aromatic carbocycles. The Labute approximate surface area is 74.9 Å². The highest BCUT2D eigenvalue weighted by Gasteiger charge is 1.91. The van der Waals surface area contributed by atoms with Crippen molar-refractivity contribution in [2.24, 2.45) is 0 Å². The summed E-state index contributed by atoms with van der Waals surface area (Å²) in [5.74, 6) is 0. The van der Waals surface area contributed by atoms with Crippen LogP contribution in [-0.4, -0.2) is 22.7 Å². The molecule has 0 bridgehead atoms. The van der Waals surface area contributed by atoms with Crippen molar-refractivity contribution < 1.29 is 10.0 Å². The molecule has 0 aliphatic carbocycles. The Morgan fingerprint density at radius 1 is 1.36 bits per heavy atom. The van der Waals surface area contributed by atoms with Crippen molar-refractivity contribution in [3.05, 3.63) is 28.5 Å². The van der Waals surface area contributed by atoms with E-state index in [-0.39, 0.29) is 0 Å². The Kier molecular flexibility index (Phi) is 6.26. The predicted octanol–water partition coefficient (Wildman–Crippen LogP) is 0.626. The highest BCUT2D eigenvalue weighted by Crippen LogP contribution is 2.16. The summed E-state index contributed by atoms with van der Waals surface area (Å²) in [6.07, 6.45) is 1.59. The average molecular weight is 194 g/mol. The van der Waals surface area contributed by atoms with E-state index in [1.54, 1.807) is 18.3 Å². The van der Waals surface area contributed by atoms with E-state index in [1.165, 1.54) is 0 Å². The quantitative estimate of drug-likeness (QED) is 0.470. The molecule has 1 rings (SSSR count). The van der Waals surface area contributed by atoms with Gasteiger partial charge >= 0.3 is 7.69 Å². The van der Waals surface area contributed by atoms with Crippen LogP contribution in [0.15, 0.2) is 18.3 Å². The molecule has 0 saturated carbocycles. The van der Waals surface area contributed by atoms with Crippen LogP contribution in [0.1, 0.15) is 0 Å². The van der Waals surface area contributed by atoms with Gasteiger partial charge in [-0.25, -0.2) is 4.98 Å². The van der Waals surface area contributed by atoms with E-state index in [9.17, 15) is 0 Å². The first-order valence-electron chi connectivity index (χ1n) is 2.70. The highest BCUT2D eigenvalue weighted by atomic mass is 35.5. The molecule has 1 aromatic heterocycles. The molecular formula is C5H6BCl2NO2. The molecule has 0 unspecified atom stereocenters. The normalized spacial score (nSPS) is 8.00. The topological polar surface area (TPSA) is 53.4 Å². The van der Waals surface area contributed by atoms with Crippen molar-refractivity contribution in [1.82, 2.24) is 4.98 Å². The van der Waals surface area contributed by atoms with Crippen LogP contribution in [0.3, 0.4) is 0 Å². The van der Waals surface area contributed by atoms with E-state index >= 15 is 0 Å². The smallest absolute Gasteiger partial charge is 0.430 e. The lowest BCUT2D eigenvalue weighted by Gasteiger charge is -1.87. The summed E-state index contributed by atoms with van der Waals surface area (Å²) < 4.78 is 0. The Bertz CT molecular complexity index is 190. The first-order valence-corrected chi connectivity index (χ1v) is 3.45. The maximum absolute atomic E-state index is 7.12. The fraction of sp³-hybridized carbons (Fsp3) is 0. The Balaban J connectivity index is 0.000000292. The Hall–Kier alpha value is -0.285. The molecule has 0 spiro atoms. The van der Waals surface area contributed by atoms with Crippen molar-refractivity contribution in [1.29, 1.82) is 0 Å². The zero-order chi connectivity index (χ0) is 8.69. The zero-order valence-electron chi connectivity index (χ0n) is 5.54. The van der Waals surface area contributed by atoms with Crippen molar-refractivity contribution >= 4 is 30.9 Å². The summed E-state index contributed by atoms with van der Waals surface area (Å²) in [5.41, 5.74) is 0. The molecule has 0 atom stereocenters. The second kappa shape index (κ2) is 6.43. The van der Waals surface area contributed by atoms with Crippen LogP contribution in [0, 0.1) is 0 Å². The molecule has 0 aliphatic heterocycles. The van der Waals surface area contributed by atoms with E-state index in [2.05, 4.69) is 4.98 Å². The largest absolute Gasteiger partial charge is 0.432 e. The molecule has 0 radical (unpaired) electrons. The van der Waals surface area contributed by atoms with Gasteiger partial charge in [0.15, 0.2) is 0 Å². The molecule has 11 heavy (non-hydrogen) atoms. The van der Waals surface area contributed by atoms with Crippen LogP contribution in [-0.2, 0) is 0 Å². The van der Waals surface area contributed by atoms with Gasteiger partial charge in [-0.05, 0) is 12.1 Å². The molecule has 0 fully saturated rings. The molecule has 1 aromatic rings. The van der Waals surface area contributed by atoms with E-state index < -0.39 is 7.69 Å². The highest BCUT2D eigenvalue weighted by molar-refractivity contribution is 6.41. The van der Waals surface area contributed by atoms with Crippen LogP contribution in [0.25, 0.3) is 0 Å². The Morgan fingerprint density at radius 3 is 2.18 bits per heavy atom. The molecule has 0 amide bonds. The molecule has 1 heterocycles. The van der Waals surface area contributed by atoms with Crippen LogP contribution in [0.5, 0.6) is 0 Å². The van der Waals surface area contributed by atoms with Gasteiger partial charge in [-0.3, -0.25) is 0 Å². The first-order chi connectivity index (χ1) is 5.22.